The van der Waals surface area contributed by atoms with E-state index < -0.39 is 26.5 Å². The molecule has 0 radical (unpaired) electrons. The van der Waals surface area contributed by atoms with Crippen molar-refractivity contribution in [2.24, 2.45) is 0 Å². The molecule has 0 aromatic heterocycles. The van der Waals surface area contributed by atoms with Crippen LogP contribution in [0.5, 0.6) is 0 Å². The van der Waals surface area contributed by atoms with Crippen molar-refractivity contribution >= 4 is 15.7 Å². The van der Waals surface area contributed by atoms with Crippen LogP contribution < -0.4 is 4.72 Å². The summed E-state index contributed by atoms with van der Waals surface area (Å²) < 4.78 is 40.1. The molecule has 8 heteroatoms. The number of nitro groups is 1. The van der Waals surface area contributed by atoms with E-state index in [0.717, 1.165) is 6.07 Å². The highest BCUT2D eigenvalue weighted by Crippen LogP contribution is 2.31. The Balaban J connectivity index is 3.62. The topological polar surface area (TPSA) is 89.3 Å². The van der Waals surface area contributed by atoms with Crippen LogP contribution in [0, 0.1) is 29.8 Å². The number of hydrogen-bond acceptors (Lipinski definition) is 4. The van der Waals surface area contributed by atoms with Crippen LogP contribution in [0.25, 0.3) is 0 Å². The maximum Gasteiger partial charge on any atom is 0.309 e. The van der Waals surface area contributed by atoms with Gasteiger partial charge in [0.05, 0.1) is 15.4 Å². The van der Waals surface area contributed by atoms with Crippen molar-refractivity contribution in [1.29, 1.82) is 0 Å². The van der Waals surface area contributed by atoms with Gasteiger partial charge in [-0.25, -0.2) is 13.1 Å². The van der Waals surface area contributed by atoms with E-state index in [4.69, 9.17) is 0 Å². The van der Waals surface area contributed by atoms with Crippen molar-refractivity contribution < 1.29 is 17.7 Å². The maximum atomic E-state index is 13.5. The molecule has 1 aromatic rings. The zero-order valence-electron chi connectivity index (χ0n) is 11.0. The molecule has 0 amide bonds. The molecule has 0 spiro atoms. The molecule has 0 saturated heterocycles. The monoisotopic (exact) mass is 290 g/mol. The van der Waals surface area contributed by atoms with Gasteiger partial charge in [0.1, 0.15) is 0 Å². The molecule has 6 nitrogen and oxygen atoms in total. The Hall–Kier alpha value is -1.54. The van der Waals surface area contributed by atoms with Crippen molar-refractivity contribution in [3.63, 3.8) is 0 Å². The second-order valence-electron chi connectivity index (χ2n) is 4.51. The van der Waals surface area contributed by atoms with E-state index in [0.29, 0.717) is 0 Å². The first-order valence-corrected chi connectivity index (χ1v) is 7.02. The lowest BCUT2D eigenvalue weighted by atomic mass is 10.1. The molecular formula is C11H15FN2O4S. The number of rotatable bonds is 4. The van der Waals surface area contributed by atoms with Crippen LogP contribution >= 0.6 is 0 Å². The first kappa shape index (κ1) is 15.5. The molecule has 0 aliphatic rings. The van der Waals surface area contributed by atoms with Gasteiger partial charge in [0, 0.05) is 6.04 Å². The molecule has 0 saturated carbocycles. The number of nitro benzene ring substituents is 1. The van der Waals surface area contributed by atoms with E-state index in [1.807, 2.05) is 0 Å². The number of hydrogen-bond donors (Lipinski definition) is 1. The Bertz CT molecular complexity index is 626. The normalized spacial score (nSPS) is 11.9. The van der Waals surface area contributed by atoms with Crippen LogP contribution in [0.15, 0.2) is 11.0 Å². The molecular weight excluding hydrogens is 275 g/mol. The van der Waals surface area contributed by atoms with Crippen molar-refractivity contribution in [2.75, 3.05) is 0 Å². The van der Waals surface area contributed by atoms with E-state index in [2.05, 4.69) is 4.72 Å². The Morgan fingerprint density at radius 3 is 2.32 bits per heavy atom. The highest BCUT2D eigenvalue weighted by Gasteiger charge is 2.29. The quantitative estimate of drug-likeness (QED) is 0.678. The fraction of sp³-hybridized carbons (Fsp3) is 0.455. The van der Waals surface area contributed by atoms with Gasteiger partial charge in [0.2, 0.25) is 15.8 Å². The fourth-order valence-corrected chi connectivity index (χ4v) is 3.63. The van der Waals surface area contributed by atoms with Crippen molar-refractivity contribution in [3.8, 4) is 0 Å². The predicted octanol–water partition coefficient (Wildman–Crippen LogP) is 2.04. The summed E-state index contributed by atoms with van der Waals surface area (Å²) in [6.07, 6.45) is 0. The van der Waals surface area contributed by atoms with E-state index in [-0.39, 0.29) is 22.1 Å². The summed E-state index contributed by atoms with van der Waals surface area (Å²) in [6.45, 7) is 5.87. The van der Waals surface area contributed by atoms with Gasteiger partial charge >= 0.3 is 5.69 Å². The minimum atomic E-state index is -3.91. The maximum absolute atomic E-state index is 13.5. The Labute approximate surface area is 110 Å². The number of nitrogens with one attached hydrogen (secondary N) is 1. The van der Waals surface area contributed by atoms with Gasteiger partial charge in [-0.2, -0.15) is 4.39 Å². The average Bonchev–Trinajstić information content (AvgIpc) is 2.11. The minimum absolute atomic E-state index is 0.133. The van der Waals surface area contributed by atoms with E-state index in [1.165, 1.54) is 13.8 Å². The Kier molecular flexibility index (Phi) is 4.26. The lowest BCUT2D eigenvalue weighted by molar-refractivity contribution is -0.388. The summed E-state index contributed by atoms with van der Waals surface area (Å²) in [5.41, 5.74) is -0.876. The van der Waals surface area contributed by atoms with Gasteiger partial charge in [-0.3, -0.25) is 10.1 Å². The van der Waals surface area contributed by atoms with Crippen LogP contribution in [0.2, 0.25) is 0 Å². The van der Waals surface area contributed by atoms with Crippen molar-refractivity contribution in [2.45, 2.75) is 38.6 Å². The summed E-state index contributed by atoms with van der Waals surface area (Å²) in [5.74, 6) is -1.04. The SMILES string of the molecule is Cc1cc(F)c([N+](=O)[O-])c(C)c1S(=O)(=O)NC(C)C. The summed E-state index contributed by atoms with van der Waals surface area (Å²) in [6, 6.07) is 0.493. The number of aryl methyl sites for hydroxylation is 1. The first-order chi connectivity index (χ1) is 8.58. The molecule has 0 aliphatic heterocycles. The second kappa shape index (κ2) is 5.22. The Morgan fingerprint density at radius 2 is 1.89 bits per heavy atom. The van der Waals surface area contributed by atoms with Crippen LogP contribution in [0.1, 0.15) is 25.0 Å². The van der Waals surface area contributed by atoms with Crippen molar-refractivity contribution in [3.05, 3.63) is 33.1 Å². The molecule has 1 rings (SSSR count). The van der Waals surface area contributed by atoms with Gasteiger partial charge in [0.15, 0.2) is 0 Å². The van der Waals surface area contributed by atoms with Crippen LogP contribution in [0.4, 0.5) is 10.1 Å². The third-order valence-corrected chi connectivity index (χ3v) is 4.41. The van der Waals surface area contributed by atoms with Crippen molar-refractivity contribution in [1.82, 2.24) is 4.72 Å². The minimum Gasteiger partial charge on any atom is -0.258 e. The molecule has 0 bridgehead atoms. The molecule has 1 aromatic carbocycles. The predicted molar refractivity (Wildman–Crippen MR) is 68.0 cm³/mol. The fourth-order valence-electron chi connectivity index (χ4n) is 1.91. The molecule has 0 aliphatic carbocycles. The van der Waals surface area contributed by atoms with Gasteiger partial charge < -0.3 is 0 Å². The first-order valence-electron chi connectivity index (χ1n) is 5.54. The van der Waals surface area contributed by atoms with Crippen LogP contribution in [0.3, 0.4) is 0 Å². The molecule has 0 unspecified atom stereocenters. The standard InChI is InChI=1S/C11H15FN2O4S/c1-6(2)13-19(17,18)11-7(3)5-9(12)10(8(11)4)14(15)16/h5-6,13H,1-4H3. The largest absolute Gasteiger partial charge is 0.309 e. The van der Waals surface area contributed by atoms with Gasteiger partial charge in [-0.1, -0.05) is 0 Å². The van der Waals surface area contributed by atoms with Gasteiger partial charge in [-0.05, 0) is 39.3 Å². The third kappa shape index (κ3) is 3.07. The zero-order valence-corrected chi connectivity index (χ0v) is 11.8. The molecule has 0 atom stereocenters. The molecule has 0 heterocycles. The highest BCUT2D eigenvalue weighted by molar-refractivity contribution is 7.89. The zero-order chi connectivity index (χ0) is 15.0. The van der Waals surface area contributed by atoms with E-state index in [1.54, 1.807) is 13.8 Å². The summed E-state index contributed by atoms with van der Waals surface area (Å²) in [7, 11) is -3.91. The van der Waals surface area contributed by atoms with E-state index >= 15 is 0 Å². The lowest BCUT2D eigenvalue weighted by Gasteiger charge is -2.14. The van der Waals surface area contributed by atoms with E-state index in [9.17, 15) is 22.9 Å². The molecule has 1 N–H and O–H groups in total. The summed E-state index contributed by atoms with van der Waals surface area (Å²) >= 11 is 0. The Morgan fingerprint density at radius 1 is 1.37 bits per heavy atom. The summed E-state index contributed by atoms with van der Waals surface area (Å²) in [5, 5.41) is 10.8. The number of halogens is 1. The smallest absolute Gasteiger partial charge is 0.258 e. The summed E-state index contributed by atoms with van der Waals surface area (Å²) in [4.78, 5) is 9.65. The number of benzene rings is 1. The number of sulfonamides is 1. The average molecular weight is 290 g/mol. The molecule has 19 heavy (non-hydrogen) atoms. The van der Waals surface area contributed by atoms with Crippen LogP contribution in [-0.4, -0.2) is 19.4 Å². The highest BCUT2D eigenvalue weighted by atomic mass is 32.2. The second-order valence-corrected chi connectivity index (χ2v) is 6.16. The molecule has 0 fully saturated rings. The van der Waals surface area contributed by atoms with Gasteiger partial charge in [-0.15, -0.1) is 0 Å². The third-order valence-electron chi connectivity index (χ3n) is 2.47. The van der Waals surface area contributed by atoms with Gasteiger partial charge in [0.25, 0.3) is 0 Å². The molecule has 106 valence electrons. The number of nitrogens with zero attached hydrogens (tertiary/aromatic N) is 1. The van der Waals surface area contributed by atoms with Crippen LogP contribution in [-0.2, 0) is 10.0 Å². The lowest BCUT2D eigenvalue weighted by Crippen LogP contribution is -2.31.